The highest BCUT2D eigenvalue weighted by molar-refractivity contribution is 5.86. The van der Waals surface area contributed by atoms with E-state index in [1.165, 1.54) is 22.0 Å². The number of aliphatic imine (C=N–C) groups is 1. The monoisotopic (exact) mass is 344 g/mol. The van der Waals surface area contributed by atoms with E-state index in [9.17, 15) is 0 Å². The highest BCUT2D eigenvalue weighted by atomic mass is 16.5. The van der Waals surface area contributed by atoms with Gasteiger partial charge in [0.15, 0.2) is 5.96 Å². The van der Waals surface area contributed by atoms with E-state index in [1.807, 2.05) is 0 Å². The number of benzene rings is 1. The van der Waals surface area contributed by atoms with Gasteiger partial charge < -0.3 is 20.4 Å². The summed E-state index contributed by atoms with van der Waals surface area (Å²) in [5.41, 5.74) is 3.87. The lowest BCUT2D eigenvalue weighted by molar-refractivity contribution is 0.108. The van der Waals surface area contributed by atoms with Crippen molar-refractivity contribution in [2.75, 3.05) is 33.4 Å². The Hall–Kier alpha value is -2.01. The zero-order valence-corrected chi connectivity index (χ0v) is 16.0. The van der Waals surface area contributed by atoms with Crippen LogP contribution in [0.3, 0.4) is 0 Å². The lowest BCUT2D eigenvalue weighted by Gasteiger charge is -2.12. The Morgan fingerprint density at radius 3 is 2.80 bits per heavy atom. The minimum Gasteiger partial charge on any atom is -0.381 e. The van der Waals surface area contributed by atoms with Crippen molar-refractivity contribution in [3.8, 4) is 0 Å². The number of hydrogen-bond acceptors (Lipinski definition) is 2. The molecular weight excluding hydrogens is 312 g/mol. The first-order valence-electron chi connectivity index (χ1n) is 9.19. The molecule has 0 bridgehead atoms. The van der Waals surface area contributed by atoms with Gasteiger partial charge in [0.05, 0.1) is 0 Å². The fraction of sp³-hybridized carbons (Fsp3) is 0.550. The van der Waals surface area contributed by atoms with Crippen LogP contribution >= 0.6 is 0 Å². The summed E-state index contributed by atoms with van der Waals surface area (Å²) in [5, 5.41) is 8.06. The third-order valence-corrected chi connectivity index (χ3v) is 4.12. The van der Waals surface area contributed by atoms with Crippen molar-refractivity contribution in [3.63, 3.8) is 0 Å². The maximum absolute atomic E-state index is 5.59. The van der Waals surface area contributed by atoms with Crippen LogP contribution in [0.5, 0.6) is 0 Å². The van der Waals surface area contributed by atoms with Crippen LogP contribution in [0.1, 0.15) is 31.4 Å². The van der Waals surface area contributed by atoms with E-state index in [-0.39, 0.29) is 0 Å². The maximum Gasteiger partial charge on any atom is 0.190 e. The summed E-state index contributed by atoms with van der Waals surface area (Å²) in [6.07, 6.45) is 4.06. The number of hydrogen-bond donors (Lipinski definition) is 3. The Bertz CT molecular complexity index is 675. The van der Waals surface area contributed by atoms with E-state index >= 15 is 0 Å². The molecule has 5 heteroatoms. The third kappa shape index (κ3) is 6.09. The lowest BCUT2D eigenvalue weighted by atomic mass is 10.1. The van der Waals surface area contributed by atoms with Crippen molar-refractivity contribution in [1.29, 1.82) is 0 Å². The number of fused-ring (bicyclic) bond motifs is 1. The van der Waals surface area contributed by atoms with Gasteiger partial charge in [0, 0.05) is 50.5 Å². The van der Waals surface area contributed by atoms with Gasteiger partial charge in [-0.2, -0.15) is 0 Å². The first kappa shape index (κ1) is 19.3. The number of ether oxygens (including phenoxy) is 1. The van der Waals surface area contributed by atoms with Gasteiger partial charge >= 0.3 is 0 Å². The van der Waals surface area contributed by atoms with Gasteiger partial charge in [0.1, 0.15) is 0 Å². The van der Waals surface area contributed by atoms with E-state index in [4.69, 9.17) is 4.74 Å². The molecule has 1 heterocycles. The number of H-pyrrole nitrogens is 1. The van der Waals surface area contributed by atoms with Gasteiger partial charge in [-0.25, -0.2) is 0 Å². The van der Waals surface area contributed by atoms with Crippen molar-refractivity contribution < 1.29 is 4.74 Å². The highest BCUT2D eigenvalue weighted by Crippen LogP contribution is 2.22. The van der Waals surface area contributed by atoms with Crippen LogP contribution in [0.2, 0.25) is 0 Å². The molecule has 0 amide bonds. The summed E-state index contributed by atoms with van der Waals surface area (Å²) in [4.78, 5) is 7.63. The number of aromatic nitrogens is 1. The number of rotatable bonds is 9. The Kier molecular flexibility index (Phi) is 7.79. The fourth-order valence-electron chi connectivity index (χ4n) is 2.88. The number of guanidine groups is 1. The molecule has 1 aromatic carbocycles. The van der Waals surface area contributed by atoms with Crippen LogP contribution in [0.25, 0.3) is 10.9 Å². The van der Waals surface area contributed by atoms with Crippen LogP contribution in [-0.4, -0.2) is 44.3 Å². The van der Waals surface area contributed by atoms with Gasteiger partial charge in [-0.1, -0.05) is 26.0 Å². The summed E-state index contributed by atoms with van der Waals surface area (Å²) < 4.78 is 5.59. The summed E-state index contributed by atoms with van der Waals surface area (Å²) in [5.74, 6) is 1.44. The third-order valence-electron chi connectivity index (χ3n) is 4.12. The SMILES string of the molecule is CN=C(NCCCOCC(C)C)NCCc1c[nH]c2cccc(C)c12. The first-order chi connectivity index (χ1) is 12.1. The van der Waals surface area contributed by atoms with Crippen LogP contribution in [-0.2, 0) is 11.2 Å². The van der Waals surface area contributed by atoms with Crippen LogP contribution < -0.4 is 10.6 Å². The van der Waals surface area contributed by atoms with E-state index < -0.39 is 0 Å². The Labute approximate surface area is 151 Å². The van der Waals surface area contributed by atoms with Crippen molar-refractivity contribution in [2.45, 2.75) is 33.6 Å². The molecular formula is C20H32N4O. The van der Waals surface area contributed by atoms with E-state index in [2.05, 4.69) is 65.8 Å². The second-order valence-electron chi connectivity index (χ2n) is 6.81. The van der Waals surface area contributed by atoms with Crippen molar-refractivity contribution in [2.24, 2.45) is 10.9 Å². The predicted molar refractivity (Wildman–Crippen MR) is 106 cm³/mol. The molecule has 0 atom stereocenters. The Balaban J connectivity index is 1.70. The molecule has 25 heavy (non-hydrogen) atoms. The number of nitrogens with zero attached hydrogens (tertiary/aromatic N) is 1. The Morgan fingerprint density at radius 2 is 2.04 bits per heavy atom. The molecule has 0 fully saturated rings. The average molecular weight is 345 g/mol. The molecule has 2 rings (SSSR count). The fourth-order valence-corrected chi connectivity index (χ4v) is 2.88. The summed E-state index contributed by atoms with van der Waals surface area (Å²) in [6.45, 7) is 9.83. The zero-order chi connectivity index (χ0) is 18.1. The number of aromatic amines is 1. The Morgan fingerprint density at radius 1 is 1.24 bits per heavy atom. The van der Waals surface area contributed by atoms with Gasteiger partial charge in [0.25, 0.3) is 0 Å². The summed E-state index contributed by atoms with van der Waals surface area (Å²) in [7, 11) is 1.81. The molecule has 0 saturated carbocycles. The molecule has 0 aliphatic carbocycles. The van der Waals surface area contributed by atoms with Crippen LogP contribution in [0.15, 0.2) is 29.4 Å². The highest BCUT2D eigenvalue weighted by Gasteiger charge is 2.06. The average Bonchev–Trinajstić information content (AvgIpc) is 3.00. The standard InChI is InChI=1S/C20H32N4O/c1-15(2)14-25-12-6-10-22-20(21-4)23-11-9-17-13-24-18-8-5-7-16(3)19(17)18/h5,7-8,13,15,24H,6,9-12,14H2,1-4H3,(H2,21,22,23). The molecule has 0 saturated heterocycles. The van der Waals surface area contributed by atoms with Crippen LogP contribution in [0, 0.1) is 12.8 Å². The van der Waals surface area contributed by atoms with Gasteiger partial charge in [-0.3, -0.25) is 4.99 Å². The zero-order valence-electron chi connectivity index (χ0n) is 16.0. The molecule has 2 aromatic rings. The largest absolute Gasteiger partial charge is 0.381 e. The van der Waals surface area contributed by atoms with Gasteiger partial charge in [-0.05, 0) is 42.9 Å². The molecule has 1 aromatic heterocycles. The van der Waals surface area contributed by atoms with Gasteiger partial charge in [0.2, 0.25) is 0 Å². The van der Waals surface area contributed by atoms with Crippen molar-refractivity contribution >= 4 is 16.9 Å². The second-order valence-corrected chi connectivity index (χ2v) is 6.81. The minimum atomic E-state index is 0.593. The van der Waals surface area contributed by atoms with E-state index in [0.717, 1.165) is 45.1 Å². The summed E-state index contributed by atoms with van der Waals surface area (Å²) in [6, 6.07) is 6.38. The molecule has 0 aliphatic rings. The van der Waals surface area contributed by atoms with Gasteiger partial charge in [-0.15, -0.1) is 0 Å². The normalized spacial score (nSPS) is 12.1. The molecule has 0 radical (unpaired) electrons. The van der Waals surface area contributed by atoms with Crippen LogP contribution in [0.4, 0.5) is 0 Å². The number of nitrogens with one attached hydrogen (secondary N) is 3. The smallest absolute Gasteiger partial charge is 0.190 e. The molecule has 5 nitrogen and oxygen atoms in total. The number of aryl methyl sites for hydroxylation is 1. The molecule has 0 spiro atoms. The molecule has 0 unspecified atom stereocenters. The van der Waals surface area contributed by atoms with E-state index in [1.54, 1.807) is 7.05 Å². The lowest BCUT2D eigenvalue weighted by Crippen LogP contribution is -2.39. The molecule has 3 N–H and O–H groups in total. The quantitative estimate of drug-likeness (QED) is 0.372. The van der Waals surface area contributed by atoms with E-state index in [0.29, 0.717) is 5.92 Å². The molecule has 0 aliphatic heterocycles. The maximum atomic E-state index is 5.59. The van der Waals surface area contributed by atoms with Crippen molar-refractivity contribution in [3.05, 3.63) is 35.5 Å². The first-order valence-corrected chi connectivity index (χ1v) is 9.19. The molecule has 138 valence electrons. The topological polar surface area (TPSA) is 61.4 Å². The predicted octanol–water partition coefficient (Wildman–Crippen LogP) is 3.25. The van der Waals surface area contributed by atoms with Crippen molar-refractivity contribution in [1.82, 2.24) is 15.6 Å². The second kappa shape index (κ2) is 10.1. The summed E-state index contributed by atoms with van der Waals surface area (Å²) >= 11 is 0. The minimum absolute atomic E-state index is 0.593.